The zero-order chi connectivity index (χ0) is 10.4. The molecule has 0 spiro atoms. The normalized spacial score (nSPS) is 13.8. The molecule has 0 aromatic heterocycles. The Labute approximate surface area is 78.9 Å². The summed E-state index contributed by atoms with van der Waals surface area (Å²) in [5.41, 5.74) is 0.532. The minimum absolute atomic E-state index is 0.0231. The molecule has 0 saturated carbocycles. The molecule has 0 aliphatic carbocycles. The second-order valence-electron chi connectivity index (χ2n) is 2.85. The van der Waals surface area contributed by atoms with Crippen LogP contribution in [0.5, 0.6) is 0 Å². The molecular weight excluding hydrogens is 194 g/mol. The first kappa shape index (κ1) is 12.1. The fourth-order valence-electron chi connectivity index (χ4n) is 0.316. The molecular formula is C7H13NO4S. The molecule has 0 unspecified atom stereocenters. The maximum Gasteiger partial charge on any atom is 0.271 e. The van der Waals surface area contributed by atoms with E-state index in [2.05, 4.69) is 16.1 Å². The van der Waals surface area contributed by atoms with E-state index >= 15 is 0 Å². The van der Waals surface area contributed by atoms with Crippen molar-refractivity contribution in [1.29, 1.82) is 0 Å². The van der Waals surface area contributed by atoms with E-state index in [0.29, 0.717) is 12.3 Å². The Morgan fingerprint density at radius 2 is 1.92 bits per heavy atom. The van der Waals surface area contributed by atoms with Gasteiger partial charge < -0.3 is 5.32 Å². The van der Waals surface area contributed by atoms with Crippen molar-refractivity contribution in [3.8, 4) is 0 Å². The molecule has 1 saturated heterocycles. The van der Waals surface area contributed by atoms with Crippen LogP contribution in [0, 0.1) is 5.92 Å². The Balaban J connectivity index is 0.000000243. The van der Waals surface area contributed by atoms with E-state index in [9.17, 15) is 13.2 Å². The zero-order valence-corrected chi connectivity index (χ0v) is 8.47. The first-order valence-corrected chi connectivity index (χ1v) is 4.80. The van der Waals surface area contributed by atoms with Crippen LogP contribution in [0.25, 0.3) is 0 Å². The predicted octanol–water partition coefficient (Wildman–Crippen LogP) is -0.185. The SMILES string of the molecule is C=C1NC1=O.CC(C)CO[SH](=O)=O. The van der Waals surface area contributed by atoms with Gasteiger partial charge >= 0.3 is 0 Å². The highest BCUT2D eigenvalue weighted by Gasteiger charge is 2.20. The highest BCUT2D eigenvalue weighted by molar-refractivity contribution is 7.67. The van der Waals surface area contributed by atoms with Crippen LogP contribution in [0.1, 0.15) is 13.8 Å². The van der Waals surface area contributed by atoms with Crippen molar-refractivity contribution in [2.75, 3.05) is 6.61 Å². The maximum absolute atomic E-state index is 9.72. The number of carbonyl (C=O) groups excluding carboxylic acids is 1. The number of hydrogen-bond donors (Lipinski definition) is 2. The van der Waals surface area contributed by atoms with Crippen molar-refractivity contribution in [1.82, 2.24) is 5.32 Å². The van der Waals surface area contributed by atoms with Gasteiger partial charge in [-0.1, -0.05) is 20.4 Å². The zero-order valence-electron chi connectivity index (χ0n) is 7.57. The molecule has 1 N–H and O–H groups in total. The summed E-state index contributed by atoms with van der Waals surface area (Å²) < 4.78 is 23.7. The Hall–Kier alpha value is -0.880. The fraction of sp³-hybridized carbons (Fsp3) is 0.571. The Morgan fingerprint density at radius 3 is 2.00 bits per heavy atom. The fourth-order valence-corrected chi connectivity index (χ4v) is 0.736. The molecule has 6 heteroatoms. The third-order valence-corrected chi connectivity index (χ3v) is 1.35. The van der Waals surface area contributed by atoms with Gasteiger partial charge in [0.1, 0.15) is 0 Å². The summed E-state index contributed by atoms with van der Waals surface area (Å²) in [5.74, 6) is 0.257. The quantitative estimate of drug-likeness (QED) is 0.382. The van der Waals surface area contributed by atoms with Crippen molar-refractivity contribution in [3.05, 3.63) is 12.3 Å². The van der Waals surface area contributed by atoms with E-state index in [4.69, 9.17) is 0 Å². The summed E-state index contributed by atoms with van der Waals surface area (Å²) in [5, 5.41) is 2.36. The second-order valence-corrected chi connectivity index (χ2v) is 3.55. The van der Waals surface area contributed by atoms with Crippen molar-refractivity contribution in [3.63, 3.8) is 0 Å². The van der Waals surface area contributed by atoms with E-state index in [-0.39, 0.29) is 11.8 Å². The first-order valence-electron chi connectivity index (χ1n) is 3.71. The molecule has 0 bridgehead atoms. The first-order chi connectivity index (χ1) is 5.93. The topological polar surface area (TPSA) is 82.4 Å². The van der Waals surface area contributed by atoms with Gasteiger partial charge in [-0.05, 0) is 5.92 Å². The van der Waals surface area contributed by atoms with Gasteiger partial charge in [0.05, 0.1) is 12.3 Å². The number of carbonyl (C=O) groups is 1. The largest absolute Gasteiger partial charge is 0.317 e. The second kappa shape index (κ2) is 5.71. The predicted molar refractivity (Wildman–Crippen MR) is 48.4 cm³/mol. The molecule has 1 aliphatic heterocycles. The monoisotopic (exact) mass is 207 g/mol. The lowest BCUT2D eigenvalue weighted by Crippen LogP contribution is -1.99. The van der Waals surface area contributed by atoms with Crippen LogP contribution >= 0.6 is 0 Å². The molecule has 13 heavy (non-hydrogen) atoms. The molecule has 1 amide bonds. The van der Waals surface area contributed by atoms with E-state index in [1.165, 1.54) is 0 Å². The summed E-state index contributed by atoms with van der Waals surface area (Å²) in [7, 11) is -2.63. The third kappa shape index (κ3) is 9.03. The smallest absolute Gasteiger partial charge is 0.271 e. The van der Waals surface area contributed by atoms with Gasteiger partial charge in [0.25, 0.3) is 16.9 Å². The minimum atomic E-state index is -2.63. The Morgan fingerprint density at radius 1 is 1.54 bits per heavy atom. The molecule has 1 rings (SSSR count). The average Bonchev–Trinajstić information content (AvgIpc) is 2.62. The Kier molecular flexibility index (Phi) is 5.33. The van der Waals surface area contributed by atoms with Crippen molar-refractivity contribution in [2.24, 2.45) is 5.92 Å². The van der Waals surface area contributed by atoms with E-state index < -0.39 is 11.0 Å². The van der Waals surface area contributed by atoms with Gasteiger partial charge in [-0.15, -0.1) is 0 Å². The van der Waals surface area contributed by atoms with Crippen molar-refractivity contribution in [2.45, 2.75) is 13.8 Å². The molecule has 0 atom stereocenters. The number of amides is 1. The number of rotatable bonds is 3. The average molecular weight is 207 g/mol. The summed E-state index contributed by atoms with van der Waals surface area (Å²) in [6, 6.07) is 0. The number of hydrogen-bond acceptors (Lipinski definition) is 4. The van der Waals surface area contributed by atoms with E-state index in [1.807, 2.05) is 13.8 Å². The van der Waals surface area contributed by atoms with Crippen LogP contribution in [-0.2, 0) is 20.0 Å². The molecule has 1 fully saturated rings. The van der Waals surface area contributed by atoms with Crippen LogP contribution in [0.4, 0.5) is 0 Å². The van der Waals surface area contributed by atoms with Crippen LogP contribution < -0.4 is 5.32 Å². The molecule has 5 nitrogen and oxygen atoms in total. The van der Waals surface area contributed by atoms with Crippen LogP contribution in [0.15, 0.2) is 12.3 Å². The van der Waals surface area contributed by atoms with E-state index in [0.717, 1.165) is 0 Å². The standard InChI is InChI=1S/C4H10O3S.C3H3NO/c1-4(2)3-7-8(5)6;1-2-3(5)4-2/h4,8H,3H2,1-2H3;1H2,(H,4,5). The summed E-state index contributed by atoms with van der Waals surface area (Å²) in [4.78, 5) is 9.68. The maximum atomic E-state index is 9.72. The molecule has 76 valence electrons. The number of nitrogens with one attached hydrogen (secondary N) is 1. The lowest BCUT2D eigenvalue weighted by Gasteiger charge is -1.97. The van der Waals surface area contributed by atoms with Gasteiger partial charge in [-0.3, -0.25) is 8.98 Å². The van der Waals surface area contributed by atoms with Gasteiger partial charge in [0, 0.05) is 0 Å². The molecule has 0 aromatic carbocycles. The highest BCUT2D eigenvalue weighted by Crippen LogP contribution is 1.96. The van der Waals surface area contributed by atoms with E-state index in [1.54, 1.807) is 0 Å². The third-order valence-electron chi connectivity index (χ3n) is 0.989. The van der Waals surface area contributed by atoms with Crippen molar-refractivity contribution >= 4 is 16.9 Å². The summed E-state index contributed by atoms with van der Waals surface area (Å²) >= 11 is 0. The lowest BCUT2D eigenvalue weighted by molar-refractivity contribution is -0.109. The number of thiol groups is 1. The molecule has 1 aliphatic rings. The van der Waals surface area contributed by atoms with Gasteiger partial charge in [-0.25, -0.2) is 8.42 Å². The molecule has 0 aromatic rings. The lowest BCUT2D eigenvalue weighted by atomic mass is 10.2. The van der Waals surface area contributed by atoms with Crippen LogP contribution in [-0.4, -0.2) is 20.9 Å². The van der Waals surface area contributed by atoms with Gasteiger partial charge in [-0.2, -0.15) is 0 Å². The Bertz CT molecular complexity index is 250. The van der Waals surface area contributed by atoms with Gasteiger partial charge in [0.2, 0.25) is 0 Å². The highest BCUT2D eigenvalue weighted by atomic mass is 32.2. The van der Waals surface area contributed by atoms with Gasteiger partial charge in [0.15, 0.2) is 0 Å². The minimum Gasteiger partial charge on any atom is -0.317 e. The summed E-state index contributed by atoms with van der Waals surface area (Å²) in [6.45, 7) is 7.35. The molecule has 0 radical (unpaired) electrons. The van der Waals surface area contributed by atoms with Crippen LogP contribution in [0.2, 0.25) is 0 Å². The molecule has 1 heterocycles. The van der Waals surface area contributed by atoms with Crippen molar-refractivity contribution < 1.29 is 17.4 Å². The summed E-state index contributed by atoms with van der Waals surface area (Å²) in [6.07, 6.45) is 0. The van der Waals surface area contributed by atoms with Crippen LogP contribution in [0.3, 0.4) is 0 Å².